The number of amides is 1. The topological polar surface area (TPSA) is 63.4 Å². The van der Waals surface area contributed by atoms with Gasteiger partial charge >= 0.3 is 0 Å². The van der Waals surface area contributed by atoms with Crippen LogP contribution >= 0.6 is 0 Å². The Balaban J connectivity index is 1.42. The summed E-state index contributed by atoms with van der Waals surface area (Å²) in [6.45, 7) is 2.28. The van der Waals surface area contributed by atoms with Crippen molar-refractivity contribution in [1.82, 2.24) is 4.98 Å². The van der Waals surface area contributed by atoms with Crippen LogP contribution in [0.5, 0.6) is 11.5 Å². The Labute approximate surface area is 161 Å². The van der Waals surface area contributed by atoms with E-state index in [1.807, 2.05) is 30.3 Å². The van der Waals surface area contributed by atoms with E-state index in [0.29, 0.717) is 22.7 Å². The largest absolute Gasteiger partial charge is 0.454 e. The molecule has 1 saturated carbocycles. The standard InChI is InChI=1S/C22H21FN2O3/c1-2-3-15-8-13-9-16(11-17(23)20(13)24-15)25-21(26)22(6-7-22)14-4-5-18-19(10-14)28-12-27-18/h4-5,8-11,24H,2-3,6-7,12H2,1H3,(H,25,26). The monoisotopic (exact) mass is 380 g/mol. The minimum atomic E-state index is -0.585. The fraction of sp³-hybridized carbons (Fsp3) is 0.318. The lowest BCUT2D eigenvalue weighted by Crippen LogP contribution is -2.27. The van der Waals surface area contributed by atoms with E-state index in [2.05, 4.69) is 17.2 Å². The second kappa shape index (κ2) is 6.26. The molecule has 2 N–H and O–H groups in total. The molecule has 5 nitrogen and oxygen atoms in total. The van der Waals surface area contributed by atoms with E-state index < -0.39 is 5.41 Å². The lowest BCUT2D eigenvalue weighted by molar-refractivity contribution is -0.118. The Morgan fingerprint density at radius 2 is 2.00 bits per heavy atom. The Bertz CT molecular complexity index is 1080. The first-order chi connectivity index (χ1) is 13.6. The van der Waals surface area contributed by atoms with Crippen LogP contribution in [0.25, 0.3) is 10.9 Å². The van der Waals surface area contributed by atoms with Crippen molar-refractivity contribution in [3.63, 3.8) is 0 Å². The number of aryl methyl sites for hydroxylation is 1. The van der Waals surface area contributed by atoms with Gasteiger partial charge in [-0.3, -0.25) is 4.79 Å². The Kier molecular flexibility index (Phi) is 3.82. The number of fused-ring (bicyclic) bond motifs is 2. The highest BCUT2D eigenvalue weighted by Gasteiger charge is 2.51. The SMILES string of the molecule is CCCc1cc2cc(NC(=O)C3(c4ccc5c(c4)OCO5)CC3)cc(F)c2[nH]1. The van der Waals surface area contributed by atoms with Crippen molar-refractivity contribution in [2.75, 3.05) is 12.1 Å². The first-order valence-electron chi connectivity index (χ1n) is 9.62. The highest BCUT2D eigenvalue weighted by Crippen LogP contribution is 2.51. The summed E-state index contributed by atoms with van der Waals surface area (Å²) in [5, 5.41) is 3.69. The molecule has 0 unspecified atom stereocenters. The molecule has 0 bridgehead atoms. The van der Waals surface area contributed by atoms with Gasteiger partial charge < -0.3 is 19.8 Å². The quantitative estimate of drug-likeness (QED) is 0.677. The molecule has 0 spiro atoms. The summed E-state index contributed by atoms with van der Waals surface area (Å²) >= 11 is 0. The molecule has 0 radical (unpaired) electrons. The zero-order chi connectivity index (χ0) is 19.3. The molecule has 0 saturated heterocycles. The van der Waals surface area contributed by atoms with Crippen LogP contribution in [0.4, 0.5) is 10.1 Å². The molecule has 5 rings (SSSR count). The van der Waals surface area contributed by atoms with Crippen molar-refractivity contribution in [2.24, 2.45) is 0 Å². The van der Waals surface area contributed by atoms with Gasteiger partial charge in [-0.25, -0.2) is 4.39 Å². The number of hydrogen-bond acceptors (Lipinski definition) is 3. The molecule has 2 aliphatic rings. The minimum absolute atomic E-state index is 0.116. The first-order valence-corrected chi connectivity index (χ1v) is 9.62. The molecule has 6 heteroatoms. The number of carbonyl (C=O) groups is 1. The summed E-state index contributed by atoms with van der Waals surface area (Å²) in [4.78, 5) is 16.2. The molecule has 1 aliphatic heterocycles. The van der Waals surface area contributed by atoms with Crippen LogP contribution in [0.1, 0.15) is 37.4 Å². The van der Waals surface area contributed by atoms with Crippen molar-refractivity contribution in [2.45, 2.75) is 38.0 Å². The summed E-state index contributed by atoms with van der Waals surface area (Å²) in [5.74, 6) is 0.889. The smallest absolute Gasteiger partial charge is 0.235 e. The van der Waals surface area contributed by atoms with Crippen molar-refractivity contribution >= 4 is 22.5 Å². The van der Waals surface area contributed by atoms with Crippen LogP contribution < -0.4 is 14.8 Å². The fourth-order valence-corrected chi connectivity index (χ4v) is 3.95. The van der Waals surface area contributed by atoms with Crippen LogP contribution in [0.3, 0.4) is 0 Å². The zero-order valence-corrected chi connectivity index (χ0v) is 15.6. The molecule has 1 aliphatic carbocycles. The highest BCUT2D eigenvalue weighted by atomic mass is 19.1. The number of anilines is 1. The Morgan fingerprint density at radius 1 is 1.18 bits per heavy atom. The summed E-state index contributed by atoms with van der Waals surface area (Å²) in [6, 6.07) is 10.8. The number of H-pyrrole nitrogens is 1. The number of nitrogens with one attached hydrogen (secondary N) is 2. The van der Waals surface area contributed by atoms with Crippen LogP contribution in [0, 0.1) is 5.82 Å². The Morgan fingerprint density at radius 3 is 2.79 bits per heavy atom. The molecule has 1 amide bonds. The van der Waals surface area contributed by atoms with Gasteiger partial charge in [0.2, 0.25) is 12.7 Å². The first kappa shape index (κ1) is 17.1. The number of carbonyl (C=O) groups excluding carboxylic acids is 1. The minimum Gasteiger partial charge on any atom is -0.454 e. The van der Waals surface area contributed by atoms with Gasteiger partial charge in [0.1, 0.15) is 5.82 Å². The van der Waals surface area contributed by atoms with Gasteiger partial charge in [-0.15, -0.1) is 0 Å². The second-order valence-corrected chi connectivity index (χ2v) is 7.57. The molecule has 1 fully saturated rings. The summed E-state index contributed by atoms with van der Waals surface area (Å²) < 4.78 is 25.3. The maximum atomic E-state index is 14.5. The van der Waals surface area contributed by atoms with Gasteiger partial charge in [-0.05, 0) is 55.2 Å². The van der Waals surface area contributed by atoms with E-state index >= 15 is 0 Å². The second-order valence-electron chi connectivity index (χ2n) is 7.57. The third kappa shape index (κ3) is 2.71. The van der Waals surface area contributed by atoms with Crippen LogP contribution in [0.2, 0.25) is 0 Å². The molecule has 2 aromatic carbocycles. The van der Waals surface area contributed by atoms with Gasteiger partial charge in [-0.2, -0.15) is 0 Å². The number of benzene rings is 2. The average Bonchev–Trinajstić information content (AvgIpc) is 3.17. The predicted molar refractivity (Wildman–Crippen MR) is 104 cm³/mol. The summed E-state index contributed by atoms with van der Waals surface area (Å²) in [6.07, 6.45) is 3.36. The molecule has 2 heterocycles. The Hall–Kier alpha value is -3.02. The maximum absolute atomic E-state index is 14.5. The van der Waals surface area contributed by atoms with Gasteiger partial charge in [-0.1, -0.05) is 19.4 Å². The van der Waals surface area contributed by atoms with Gasteiger partial charge in [0, 0.05) is 16.8 Å². The van der Waals surface area contributed by atoms with Crippen molar-refractivity contribution in [3.8, 4) is 11.5 Å². The lowest BCUT2D eigenvalue weighted by Gasteiger charge is -2.16. The number of aromatic nitrogens is 1. The summed E-state index contributed by atoms with van der Waals surface area (Å²) in [5.41, 5.74) is 2.28. The van der Waals surface area contributed by atoms with Crippen molar-refractivity contribution in [1.29, 1.82) is 0 Å². The van der Waals surface area contributed by atoms with Gasteiger partial charge in [0.25, 0.3) is 0 Å². The molecule has 0 atom stereocenters. The molecular weight excluding hydrogens is 359 g/mol. The van der Waals surface area contributed by atoms with Gasteiger partial charge in [0.15, 0.2) is 11.5 Å². The molecule has 28 heavy (non-hydrogen) atoms. The van der Waals surface area contributed by atoms with E-state index in [1.54, 1.807) is 0 Å². The van der Waals surface area contributed by atoms with E-state index in [9.17, 15) is 9.18 Å². The number of halogens is 1. The van der Waals surface area contributed by atoms with Crippen LogP contribution in [0.15, 0.2) is 36.4 Å². The lowest BCUT2D eigenvalue weighted by atomic mass is 9.94. The van der Waals surface area contributed by atoms with E-state index in [4.69, 9.17) is 9.47 Å². The normalized spacial score (nSPS) is 16.4. The zero-order valence-electron chi connectivity index (χ0n) is 15.6. The van der Waals surface area contributed by atoms with E-state index in [0.717, 1.165) is 42.3 Å². The fourth-order valence-electron chi connectivity index (χ4n) is 3.95. The third-order valence-corrected chi connectivity index (χ3v) is 5.62. The van der Waals surface area contributed by atoms with Crippen molar-refractivity contribution < 1.29 is 18.7 Å². The predicted octanol–water partition coefficient (Wildman–Crippen LogP) is 4.66. The molecular formula is C22H21FN2O3. The number of hydrogen-bond donors (Lipinski definition) is 2. The van der Waals surface area contributed by atoms with E-state index in [1.165, 1.54) is 6.07 Å². The van der Waals surface area contributed by atoms with E-state index in [-0.39, 0.29) is 18.5 Å². The summed E-state index contributed by atoms with van der Waals surface area (Å²) in [7, 11) is 0. The number of ether oxygens (including phenoxy) is 2. The molecule has 144 valence electrons. The highest BCUT2D eigenvalue weighted by molar-refractivity contribution is 6.02. The number of rotatable bonds is 5. The average molecular weight is 380 g/mol. The maximum Gasteiger partial charge on any atom is 0.235 e. The van der Waals surface area contributed by atoms with Crippen LogP contribution in [-0.4, -0.2) is 17.7 Å². The van der Waals surface area contributed by atoms with Gasteiger partial charge in [0.05, 0.1) is 10.9 Å². The van der Waals surface area contributed by atoms with Crippen LogP contribution in [-0.2, 0) is 16.6 Å². The molecule has 3 aromatic rings. The van der Waals surface area contributed by atoms with Crippen molar-refractivity contribution in [3.05, 3.63) is 53.5 Å². The molecule has 1 aromatic heterocycles. The number of aromatic amines is 1. The third-order valence-electron chi connectivity index (χ3n) is 5.62.